The molecule has 0 N–H and O–H groups in total. The van der Waals surface area contributed by atoms with E-state index >= 15 is 0 Å². The van der Waals surface area contributed by atoms with Crippen molar-refractivity contribution in [3.63, 3.8) is 0 Å². The van der Waals surface area contributed by atoms with Crippen LogP contribution >= 0.6 is 0 Å². The number of carbonyl (C=O) groups excluding carboxylic acids is 1. The molecule has 3 aromatic carbocycles. The summed E-state index contributed by atoms with van der Waals surface area (Å²) >= 11 is 0. The molecule has 3 heteroatoms. The van der Waals surface area contributed by atoms with Crippen LogP contribution in [0.1, 0.15) is 32.6 Å². The Labute approximate surface area is 152 Å². The van der Waals surface area contributed by atoms with Crippen LogP contribution in [0.4, 0.5) is 0 Å². The van der Waals surface area contributed by atoms with E-state index in [0.29, 0.717) is 11.5 Å². The molecular formula is C23H18O3. The maximum Gasteiger partial charge on any atom is 0.194 e. The van der Waals surface area contributed by atoms with Crippen LogP contribution in [0.2, 0.25) is 0 Å². The molecule has 0 aliphatic heterocycles. The molecular weight excluding hydrogens is 324 g/mol. The van der Waals surface area contributed by atoms with Crippen LogP contribution < -0.4 is 9.47 Å². The summed E-state index contributed by atoms with van der Waals surface area (Å²) in [4.78, 5) is 12.8. The second kappa shape index (κ2) is 6.52. The Kier molecular flexibility index (Phi) is 4.05. The fourth-order valence-corrected chi connectivity index (χ4v) is 3.39. The fourth-order valence-electron chi connectivity index (χ4n) is 3.39. The van der Waals surface area contributed by atoms with Gasteiger partial charge in [-0.2, -0.15) is 0 Å². The first kappa shape index (κ1) is 16.2. The highest BCUT2D eigenvalue weighted by atomic mass is 16.5. The molecule has 0 radical (unpaired) electrons. The Balaban J connectivity index is 1.93. The van der Waals surface area contributed by atoms with E-state index in [0.717, 1.165) is 33.4 Å². The number of fused-ring (bicyclic) bond motifs is 2. The molecule has 1 aliphatic rings. The van der Waals surface area contributed by atoms with Gasteiger partial charge in [0.25, 0.3) is 0 Å². The van der Waals surface area contributed by atoms with Gasteiger partial charge in [-0.05, 0) is 40.5 Å². The van der Waals surface area contributed by atoms with E-state index in [1.807, 2.05) is 66.7 Å². The minimum atomic E-state index is 0.0701. The monoisotopic (exact) mass is 342 g/mol. The average Bonchev–Trinajstić information content (AvgIpc) is 2.71. The number of rotatable bonds is 3. The Morgan fingerprint density at radius 1 is 0.692 bits per heavy atom. The first-order valence-electron chi connectivity index (χ1n) is 8.40. The maximum absolute atomic E-state index is 12.8. The summed E-state index contributed by atoms with van der Waals surface area (Å²) in [6.07, 6.45) is 2.09. The molecule has 0 bridgehead atoms. The van der Waals surface area contributed by atoms with Crippen molar-refractivity contribution in [2.24, 2.45) is 0 Å². The fraction of sp³-hybridized carbons (Fsp3) is 0.0870. The Bertz CT molecular complexity index is 980. The van der Waals surface area contributed by atoms with Crippen molar-refractivity contribution in [2.45, 2.75) is 0 Å². The zero-order valence-corrected chi connectivity index (χ0v) is 14.7. The lowest BCUT2D eigenvalue weighted by Crippen LogP contribution is -2.14. The van der Waals surface area contributed by atoms with Crippen molar-refractivity contribution in [3.8, 4) is 11.5 Å². The normalized spacial score (nSPS) is 12.2. The number of methoxy groups -OCH3 is 2. The molecule has 0 amide bonds. The molecule has 3 nitrogen and oxygen atoms in total. The molecule has 0 saturated carbocycles. The van der Waals surface area contributed by atoms with E-state index < -0.39 is 0 Å². The quantitative estimate of drug-likeness (QED) is 0.534. The van der Waals surface area contributed by atoms with Crippen molar-refractivity contribution in [3.05, 3.63) is 94.5 Å². The van der Waals surface area contributed by atoms with Gasteiger partial charge in [-0.15, -0.1) is 0 Å². The largest absolute Gasteiger partial charge is 0.493 e. The van der Waals surface area contributed by atoms with Crippen LogP contribution in [0, 0.1) is 0 Å². The predicted octanol–water partition coefficient (Wildman–Crippen LogP) is 4.84. The molecule has 4 rings (SSSR count). The summed E-state index contributed by atoms with van der Waals surface area (Å²) < 4.78 is 10.7. The second-order valence-electron chi connectivity index (χ2n) is 6.09. The minimum Gasteiger partial charge on any atom is -0.493 e. The van der Waals surface area contributed by atoms with Crippen LogP contribution in [-0.4, -0.2) is 20.0 Å². The van der Waals surface area contributed by atoms with Gasteiger partial charge in [0.05, 0.1) is 14.2 Å². The van der Waals surface area contributed by atoms with Crippen LogP contribution in [0.3, 0.4) is 0 Å². The van der Waals surface area contributed by atoms with Gasteiger partial charge in [0, 0.05) is 11.1 Å². The number of carbonyl (C=O) groups is 1. The molecule has 0 saturated heterocycles. The molecule has 0 aromatic heterocycles. The van der Waals surface area contributed by atoms with Crippen molar-refractivity contribution in [1.29, 1.82) is 0 Å². The standard InChI is InChI=1S/C23H18O3/c1-25-21-12-11-15(14-22(21)26-2)13-20-16-7-3-5-9-18(16)23(24)19-10-6-4-8-17(19)20/h3-14H,1-2H3. The third-order valence-electron chi connectivity index (χ3n) is 4.64. The van der Waals surface area contributed by atoms with Crippen molar-refractivity contribution >= 4 is 17.4 Å². The summed E-state index contributed by atoms with van der Waals surface area (Å²) in [7, 11) is 3.24. The lowest BCUT2D eigenvalue weighted by atomic mass is 9.81. The molecule has 1 aliphatic carbocycles. The van der Waals surface area contributed by atoms with Gasteiger partial charge in [0.1, 0.15) is 0 Å². The molecule has 0 spiro atoms. The van der Waals surface area contributed by atoms with Crippen LogP contribution in [0.5, 0.6) is 11.5 Å². The highest BCUT2D eigenvalue weighted by molar-refractivity contribution is 6.20. The molecule has 3 aromatic rings. The van der Waals surface area contributed by atoms with Crippen molar-refractivity contribution < 1.29 is 14.3 Å². The minimum absolute atomic E-state index is 0.0701. The zero-order chi connectivity index (χ0) is 18.1. The Morgan fingerprint density at radius 3 is 1.77 bits per heavy atom. The van der Waals surface area contributed by atoms with Crippen LogP contribution in [-0.2, 0) is 0 Å². The average molecular weight is 342 g/mol. The topological polar surface area (TPSA) is 35.5 Å². The van der Waals surface area contributed by atoms with Crippen LogP contribution in [0.15, 0.2) is 66.7 Å². The maximum atomic E-state index is 12.8. The van der Waals surface area contributed by atoms with Gasteiger partial charge >= 0.3 is 0 Å². The first-order valence-corrected chi connectivity index (χ1v) is 8.40. The predicted molar refractivity (Wildman–Crippen MR) is 103 cm³/mol. The highest BCUT2D eigenvalue weighted by Gasteiger charge is 2.26. The first-order chi connectivity index (χ1) is 12.7. The number of ketones is 1. The number of hydrogen-bond acceptors (Lipinski definition) is 3. The highest BCUT2D eigenvalue weighted by Crippen LogP contribution is 2.38. The summed E-state index contributed by atoms with van der Waals surface area (Å²) in [5.41, 5.74) is 5.38. The molecule has 0 atom stereocenters. The number of hydrogen-bond donors (Lipinski definition) is 0. The number of ether oxygens (including phenoxy) is 2. The molecule has 0 fully saturated rings. The van der Waals surface area contributed by atoms with Gasteiger partial charge in [-0.1, -0.05) is 54.6 Å². The van der Waals surface area contributed by atoms with Crippen LogP contribution in [0.25, 0.3) is 11.6 Å². The van der Waals surface area contributed by atoms with Crippen molar-refractivity contribution in [2.75, 3.05) is 14.2 Å². The second-order valence-corrected chi connectivity index (χ2v) is 6.09. The third-order valence-corrected chi connectivity index (χ3v) is 4.64. The Hall–Kier alpha value is -3.33. The van der Waals surface area contributed by atoms with Gasteiger partial charge in [0.15, 0.2) is 17.3 Å². The molecule has 0 unspecified atom stereocenters. The molecule has 128 valence electrons. The van der Waals surface area contributed by atoms with E-state index in [-0.39, 0.29) is 5.78 Å². The van der Waals surface area contributed by atoms with Gasteiger partial charge in [0.2, 0.25) is 0 Å². The van der Waals surface area contributed by atoms with E-state index in [2.05, 4.69) is 6.08 Å². The van der Waals surface area contributed by atoms with E-state index in [9.17, 15) is 4.79 Å². The zero-order valence-electron chi connectivity index (χ0n) is 14.7. The van der Waals surface area contributed by atoms with Gasteiger partial charge < -0.3 is 9.47 Å². The van der Waals surface area contributed by atoms with Gasteiger partial charge in [-0.3, -0.25) is 4.79 Å². The van der Waals surface area contributed by atoms with E-state index in [1.165, 1.54) is 0 Å². The summed E-state index contributed by atoms with van der Waals surface area (Å²) in [5, 5.41) is 0. The SMILES string of the molecule is COc1ccc(C=C2c3ccccc3C(=O)c3ccccc32)cc1OC. The number of benzene rings is 3. The molecule has 0 heterocycles. The van der Waals surface area contributed by atoms with Gasteiger partial charge in [-0.25, -0.2) is 0 Å². The third kappa shape index (κ3) is 2.58. The summed E-state index contributed by atoms with van der Waals surface area (Å²) in [6.45, 7) is 0. The van der Waals surface area contributed by atoms with E-state index in [1.54, 1.807) is 14.2 Å². The van der Waals surface area contributed by atoms with E-state index in [4.69, 9.17) is 9.47 Å². The Morgan fingerprint density at radius 2 is 1.23 bits per heavy atom. The lowest BCUT2D eigenvalue weighted by molar-refractivity contribution is 0.103. The summed E-state index contributed by atoms with van der Waals surface area (Å²) in [5.74, 6) is 1.44. The smallest absolute Gasteiger partial charge is 0.194 e. The molecule has 26 heavy (non-hydrogen) atoms. The van der Waals surface area contributed by atoms with Crippen molar-refractivity contribution in [1.82, 2.24) is 0 Å². The summed E-state index contributed by atoms with van der Waals surface area (Å²) in [6, 6.07) is 21.3. The lowest BCUT2D eigenvalue weighted by Gasteiger charge is -2.21.